The summed E-state index contributed by atoms with van der Waals surface area (Å²) in [6, 6.07) is 13.1. The van der Waals surface area contributed by atoms with Gasteiger partial charge in [0.15, 0.2) is 0 Å². The average Bonchev–Trinajstić information content (AvgIpc) is 2.56. The molecule has 6 heteroatoms. The van der Waals surface area contributed by atoms with E-state index in [-0.39, 0.29) is 12.3 Å². The number of ether oxygens (including phenoxy) is 1. The highest BCUT2D eigenvalue weighted by Crippen LogP contribution is 2.24. The lowest BCUT2D eigenvalue weighted by Crippen LogP contribution is -2.20. The smallest absolute Gasteiger partial charge is 0.244 e. The summed E-state index contributed by atoms with van der Waals surface area (Å²) in [4.78, 5) is 13.1. The van der Waals surface area contributed by atoms with Gasteiger partial charge in [-0.15, -0.1) is 11.8 Å². The number of nitrogens with one attached hydrogen (secondary N) is 1. The monoisotopic (exact) mass is 362 g/mol. The summed E-state index contributed by atoms with van der Waals surface area (Å²) in [5.74, 6) is 0.584. The van der Waals surface area contributed by atoms with Gasteiger partial charge in [-0.05, 0) is 54.6 Å². The van der Waals surface area contributed by atoms with Gasteiger partial charge in [0.1, 0.15) is 5.75 Å². The minimum Gasteiger partial charge on any atom is -0.494 e. The number of rotatable bonds is 7. The molecule has 0 aliphatic carbocycles. The van der Waals surface area contributed by atoms with E-state index in [1.54, 1.807) is 18.0 Å². The standard InChI is InChI=1S/C18H19ClN2O2S/c1-3-23-16-6-4-5-13(9-16)12-20-21-18(22)11-14-10-15(19)7-8-17(14)24-2/h4-10,12H,3,11H2,1-2H3,(H,21,22)/b20-12-. The number of thioether (sulfide) groups is 1. The second-order valence-electron chi connectivity index (χ2n) is 4.93. The van der Waals surface area contributed by atoms with E-state index in [0.29, 0.717) is 11.6 Å². The number of benzene rings is 2. The molecule has 0 fully saturated rings. The molecule has 0 spiro atoms. The zero-order valence-corrected chi connectivity index (χ0v) is 15.2. The number of hydrazone groups is 1. The third kappa shape index (κ3) is 5.58. The Kier molecular flexibility index (Phi) is 7.15. The molecule has 0 radical (unpaired) electrons. The molecule has 126 valence electrons. The summed E-state index contributed by atoms with van der Waals surface area (Å²) < 4.78 is 5.43. The molecule has 0 saturated heterocycles. The van der Waals surface area contributed by atoms with Crippen molar-refractivity contribution in [2.24, 2.45) is 5.10 Å². The van der Waals surface area contributed by atoms with Crippen molar-refractivity contribution in [1.82, 2.24) is 5.43 Å². The fraction of sp³-hybridized carbons (Fsp3) is 0.222. The van der Waals surface area contributed by atoms with E-state index < -0.39 is 0 Å². The van der Waals surface area contributed by atoms with Crippen LogP contribution in [0.3, 0.4) is 0 Å². The maximum atomic E-state index is 12.0. The van der Waals surface area contributed by atoms with Gasteiger partial charge in [0.2, 0.25) is 5.91 Å². The minimum atomic E-state index is -0.190. The first-order valence-corrected chi connectivity index (χ1v) is 9.10. The summed E-state index contributed by atoms with van der Waals surface area (Å²) in [5, 5.41) is 4.61. The Balaban J connectivity index is 1.96. The highest BCUT2D eigenvalue weighted by atomic mass is 35.5. The van der Waals surface area contributed by atoms with Crippen LogP contribution in [0.5, 0.6) is 5.75 Å². The van der Waals surface area contributed by atoms with Crippen molar-refractivity contribution in [3.8, 4) is 5.75 Å². The van der Waals surface area contributed by atoms with Crippen molar-refractivity contribution >= 4 is 35.5 Å². The maximum absolute atomic E-state index is 12.0. The van der Waals surface area contributed by atoms with Gasteiger partial charge in [-0.1, -0.05) is 23.7 Å². The lowest BCUT2D eigenvalue weighted by atomic mass is 10.1. The molecular formula is C18H19ClN2O2S. The van der Waals surface area contributed by atoms with Gasteiger partial charge in [-0.2, -0.15) is 5.10 Å². The van der Waals surface area contributed by atoms with Gasteiger partial charge in [0.05, 0.1) is 19.2 Å². The summed E-state index contributed by atoms with van der Waals surface area (Å²) in [6.07, 6.45) is 3.79. The van der Waals surface area contributed by atoms with Crippen molar-refractivity contribution in [3.63, 3.8) is 0 Å². The number of carbonyl (C=O) groups excluding carboxylic acids is 1. The number of carbonyl (C=O) groups is 1. The van der Waals surface area contributed by atoms with Gasteiger partial charge >= 0.3 is 0 Å². The van der Waals surface area contributed by atoms with E-state index in [2.05, 4.69) is 10.5 Å². The molecular weight excluding hydrogens is 344 g/mol. The molecule has 0 bridgehead atoms. The van der Waals surface area contributed by atoms with Crippen molar-refractivity contribution < 1.29 is 9.53 Å². The van der Waals surface area contributed by atoms with Crippen LogP contribution in [0.1, 0.15) is 18.1 Å². The third-order valence-electron chi connectivity index (χ3n) is 3.17. The normalized spacial score (nSPS) is 10.8. The van der Waals surface area contributed by atoms with Gasteiger partial charge < -0.3 is 4.74 Å². The van der Waals surface area contributed by atoms with E-state index in [9.17, 15) is 4.79 Å². The molecule has 0 saturated carbocycles. The highest BCUT2D eigenvalue weighted by Gasteiger charge is 2.08. The second kappa shape index (κ2) is 9.35. The first-order chi connectivity index (χ1) is 11.6. The van der Waals surface area contributed by atoms with Gasteiger partial charge in [0, 0.05) is 9.92 Å². The maximum Gasteiger partial charge on any atom is 0.244 e. The van der Waals surface area contributed by atoms with Crippen LogP contribution in [0.4, 0.5) is 0 Å². The van der Waals surface area contributed by atoms with Crippen LogP contribution in [-0.4, -0.2) is 25.0 Å². The van der Waals surface area contributed by atoms with Crippen LogP contribution in [0.2, 0.25) is 5.02 Å². The number of amides is 1. The van der Waals surface area contributed by atoms with Crippen molar-refractivity contribution in [2.45, 2.75) is 18.2 Å². The fourth-order valence-corrected chi connectivity index (χ4v) is 2.92. The quantitative estimate of drug-likeness (QED) is 0.457. The predicted octanol–water partition coefficient (Wildman–Crippen LogP) is 4.15. The van der Waals surface area contributed by atoms with E-state index >= 15 is 0 Å². The van der Waals surface area contributed by atoms with Gasteiger partial charge in [0.25, 0.3) is 0 Å². The average molecular weight is 363 g/mol. The van der Waals surface area contributed by atoms with Crippen molar-refractivity contribution in [3.05, 3.63) is 58.6 Å². The first kappa shape index (κ1) is 18.4. The molecule has 0 heterocycles. The molecule has 1 N–H and O–H groups in total. The SMILES string of the molecule is CCOc1cccc(/C=N\NC(=O)Cc2cc(Cl)ccc2SC)c1. The number of halogens is 1. The summed E-state index contributed by atoms with van der Waals surface area (Å²) in [7, 11) is 0. The topological polar surface area (TPSA) is 50.7 Å². The molecule has 0 aliphatic rings. The van der Waals surface area contributed by atoms with Crippen LogP contribution in [0, 0.1) is 0 Å². The van der Waals surface area contributed by atoms with Crippen molar-refractivity contribution in [2.75, 3.05) is 12.9 Å². The Bertz CT molecular complexity index is 735. The summed E-state index contributed by atoms with van der Waals surface area (Å²) >= 11 is 7.58. The number of hydrogen-bond acceptors (Lipinski definition) is 4. The molecule has 0 unspecified atom stereocenters. The zero-order valence-electron chi connectivity index (χ0n) is 13.6. The summed E-state index contributed by atoms with van der Waals surface area (Å²) in [6.45, 7) is 2.54. The molecule has 4 nitrogen and oxygen atoms in total. The van der Waals surface area contributed by atoms with E-state index in [0.717, 1.165) is 21.8 Å². The van der Waals surface area contributed by atoms with Crippen LogP contribution in [0.15, 0.2) is 52.5 Å². The first-order valence-electron chi connectivity index (χ1n) is 7.49. The zero-order chi connectivity index (χ0) is 17.4. The van der Waals surface area contributed by atoms with Crippen LogP contribution in [0.25, 0.3) is 0 Å². The largest absolute Gasteiger partial charge is 0.494 e. The Morgan fingerprint density at radius 3 is 2.92 bits per heavy atom. The molecule has 0 aromatic heterocycles. The molecule has 2 aromatic carbocycles. The van der Waals surface area contributed by atoms with Crippen LogP contribution < -0.4 is 10.2 Å². The van der Waals surface area contributed by atoms with E-state index in [4.69, 9.17) is 16.3 Å². The molecule has 0 aliphatic heterocycles. The summed E-state index contributed by atoms with van der Waals surface area (Å²) in [5.41, 5.74) is 4.28. The number of nitrogens with zero attached hydrogens (tertiary/aromatic N) is 1. The van der Waals surface area contributed by atoms with E-state index in [1.807, 2.05) is 55.6 Å². The van der Waals surface area contributed by atoms with Gasteiger partial charge in [-0.25, -0.2) is 5.43 Å². The highest BCUT2D eigenvalue weighted by molar-refractivity contribution is 7.98. The Morgan fingerprint density at radius 2 is 2.17 bits per heavy atom. The number of hydrogen-bond donors (Lipinski definition) is 1. The van der Waals surface area contributed by atoms with Crippen LogP contribution in [-0.2, 0) is 11.2 Å². The predicted molar refractivity (Wildman–Crippen MR) is 100 cm³/mol. The Labute approximate surface area is 151 Å². The lowest BCUT2D eigenvalue weighted by molar-refractivity contribution is -0.120. The van der Waals surface area contributed by atoms with Crippen molar-refractivity contribution in [1.29, 1.82) is 0 Å². The molecule has 1 amide bonds. The Morgan fingerprint density at radius 1 is 1.33 bits per heavy atom. The van der Waals surface area contributed by atoms with E-state index in [1.165, 1.54) is 0 Å². The minimum absolute atomic E-state index is 0.190. The molecule has 24 heavy (non-hydrogen) atoms. The van der Waals surface area contributed by atoms with Crippen LogP contribution >= 0.6 is 23.4 Å². The lowest BCUT2D eigenvalue weighted by Gasteiger charge is -2.07. The second-order valence-corrected chi connectivity index (χ2v) is 6.22. The Hall–Kier alpha value is -1.98. The van der Waals surface area contributed by atoms with Gasteiger partial charge in [-0.3, -0.25) is 4.79 Å². The molecule has 0 atom stereocenters. The third-order valence-corrected chi connectivity index (χ3v) is 4.24. The molecule has 2 rings (SSSR count). The molecule has 2 aromatic rings. The fourth-order valence-electron chi connectivity index (χ4n) is 2.13.